The van der Waals surface area contributed by atoms with Crippen LogP contribution in [-0.4, -0.2) is 22.1 Å². The molecule has 0 aliphatic carbocycles. The normalized spacial score (nSPS) is 10.7. The molecule has 5 heteroatoms. The van der Waals surface area contributed by atoms with Crippen molar-refractivity contribution in [1.29, 1.82) is 0 Å². The van der Waals surface area contributed by atoms with Crippen LogP contribution >= 0.6 is 0 Å². The van der Waals surface area contributed by atoms with Crippen molar-refractivity contribution in [2.75, 3.05) is 7.11 Å². The van der Waals surface area contributed by atoms with E-state index >= 15 is 0 Å². The number of rotatable bonds is 4. The molecule has 3 rings (SSSR count). The second kappa shape index (κ2) is 6.74. The number of aromatic nitrogens is 4. The van der Waals surface area contributed by atoms with E-state index in [9.17, 15) is 0 Å². The van der Waals surface area contributed by atoms with Gasteiger partial charge in [0.1, 0.15) is 18.0 Å². The third-order valence-electron chi connectivity index (χ3n) is 4.09. The van der Waals surface area contributed by atoms with Crippen LogP contribution in [0.5, 0.6) is 5.75 Å². The average molecular weight is 321 g/mol. The van der Waals surface area contributed by atoms with Crippen LogP contribution in [-0.2, 0) is 6.54 Å². The summed E-state index contributed by atoms with van der Waals surface area (Å²) in [5.41, 5.74) is 6.29. The minimum Gasteiger partial charge on any atom is -0.495 e. The highest BCUT2D eigenvalue weighted by Gasteiger charge is 2.15. The van der Waals surface area contributed by atoms with Crippen molar-refractivity contribution in [3.05, 3.63) is 65.5 Å². The molecule has 0 fully saturated rings. The van der Waals surface area contributed by atoms with Crippen LogP contribution in [0.25, 0.3) is 11.4 Å². The Kier molecular flexibility index (Phi) is 4.51. The number of hydrogen-bond acceptors (Lipinski definition) is 4. The maximum atomic E-state index is 5.27. The Morgan fingerprint density at radius 2 is 1.88 bits per heavy atom. The molecule has 0 atom stereocenters. The predicted octanol–water partition coefficient (Wildman–Crippen LogP) is 2.81. The number of hydrogen-bond donors (Lipinski definition) is 0. The Morgan fingerprint density at radius 1 is 1.04 bits per heavy atom. The van der Waals surface area contributed by atoms with Crippen LogP contribution in [0, 0.1) is 20.8 Å². The summed E-state index contributed by atoms with van der Waals surface area (Å²) in [6.45, 7) is 6.91. The average Bonchev–Trinajstić information content (AvgIpc) is 2.57. The number of aryl methyl sites for hydroxylation is 3. The molecule has 0 unspecified atom stereocenters. The highest BCUT2D eigenvalue weighted by atomic mass is 16.5. The molecule has 5 nitrogen and oxygen atoms in total. The van der Waals surface area contributed by atoms with Gasteiger partial charge in [-0.1, -0.05) is 0 Å². The minimum atomic E-state index is 0.753. The van der Waals surface area contributed by atoms with Crippen LogP contribution in [0.15, 0.2) is 43.2 Å². The molecule has 0 spiro atoms. The molecule has 0 saturated carbocycles. The van der Waals surface area contributed by atoms with Crippen molar-refractivity contribution in [2.45, 2.75) is 27.3 Å². The van der Waals surface area contributed by atoms with Crippen LogP contribution in [0.2, 0.25) is 0 Å². The Hall–Kier alpha value is -2.82. The Morgan fingerprint density at radius 3 is 2.54 bits per heavy atom. The van der Waals surface area contributed by atoms with Gasteiger partial charge in [-0.15, -0.1) is 0 Å². The van der Waals surface area contributed by atoms with Gasteiger partial charge in [0.2, 0.25) is 5.69 Å². The first-order chi connectivity index (χ1) is 11.6. The van der Waals surface area contributed by atoms with Gasteiger partial charge in [0.05, 0.1) is 19.5 Å². The summed E-state index contributed by atoms with van der Waals surface area (Å²) < 4.78 is 7.34. The van der Waals surface area contributed by atoms with Gasteiger partial charge in [-0.2, -0.15) is 0 Å². The number of pyridine rings is 2. The van der Waals surface area contributed by atoms with Gasteiger partial charge >= 0.3 is 0 Å². The van der Waals surface area contributed by atoms with E-state index in [1.807, 2.05) is 37.8 Å². The molecule has 122 valence electrons. The van der Waals surface area contributed by atoms with E-state index in [0.29, 0.717) is 0 Å². The zero-order valence-electron chi connectivity index (χ0n) is 14.4. The molecule has 0 aliphatic rings. The summed E-state index contributed by atoms with van der Waals surface area (Å²) in [5, 5.41) is 0. The van der Waals surface area contributed by atoms with E-state index < -0.39 is 0 Å². The molecule has 0 amide bonds. The first kappa shape index (κ1) is 16.1. The number of methoxy groups -OCH3 is 1. The quantitative estimate of drug-likeness (QED) is 0.693. The lowest BCUT2D eigenvalue weighted by atomic mass is 10.1. The summed E-state index contributed by atoms with van der Waals surface area (Å²) in [6, 6.07) is 4.03. The van der Waals surface area contributed by atoms with Gasteiger partial charge in [-0.3, -0.25) is 4.98 Å². The van der Waals surface area contributed by atoms with Gasteiger partial charge in [0.25, 0.3) is 6.33 Å². The fraction of sp³-hybridized carbons (Fsp3) is 0.263. The molecule has 24 heavy (non-hydrogen) atoms. The standard InChI is InChI=1S/C19H21N4O/c1-13-5-6-20-8-16(13)11-23-10-15(3)19(22-12-23)17-7-14(2)18(24-4)9-21-17/h5-10,12H,11H2,1-4H3/q+1. The van der Waals surface area contributed by atoms with Crippen molar-refractivity contribution in [3.8, 4) is 17.1 Å². The van der Waals surface area contributed by atoms with E-state index in [1.54, 1.807) is 13.3 Å². The second-order valence-corrected chi connectivity index (χ2v) is 5.92. The lowest BCUT2D eigenvalue weighted by Gasteiger charge is -2.07. The van der Waals surface area contributed by atoms with E-state index in [0.717, 1.165) is 34.8 Å². The molecule has 3 aromatic rings. The van der Waals surface area contributed by atoms with Gasteiger partial charge < -0.3 is 4.74 Å². The molecular formula is C19H21N4O+. The number of ether oxygens (including phenoxy) is 1. The molecular weight excluding hydrogens is 300 g/mol. The number of nitrogens with zero attached hydrogens (tertiary/aromatic N) is 4. The molecule has 0 aromatic carbocycles. The second-order valence-electron chi connectivity index (χ2n) is 5.92. The first-order valence-corrected chi connectivity index (χ1v) is 7.84. The smallest absolute Gasteiger partial charge is 0.287 e. The maximum Gasteiger partial charge on any atom is 0.287 e. The third-order valence-corrected chi connectivity index (χ3v) is 4.09. The lowest BCUT2D eigenvalue weighted by molar-refractivity contribution is -0.691. The molecule has 0 radical (unpaired) electrons. The summed E-state index contributed by atoms with van der Waals surface area (Å²) in [5.74, 6) is 0.787. The highest BCUT2D eigenvalue weighted by Crippen LogP contribution is 2.23. The molecule has 0 aliphatic heterocycles. The fourth-order valence-corrected chi connectivity index (χ4v) is 2.68. The van der Waals surface area contributed by atoms with Crippen molar-refractivity contribution in [1.82, 2.24) is 15.0 Å². The third kappa shape index (κ3) is 3.25. The van der Waals surface area contributed by atoms with E-state index in [2.05, 4.69) is 39.6 Å². The predicted molar refractivity (Wildman–Crippen MR) is 91.8 cm³/mol. The van der Waals surface area contributed by atoms with Crippen molar-refractivity contribution in [3.63, 3.8) is 0 Å². The maximum absolute atomic E-state index is 5.27. The van der Waals surface area contributed by atoms with Gasteiger partial charge in [0.15, 0.2) is 0 Å². The topological polar surface area (TPSA) is 51.8 Å². The Bertz CT molecular complexity index is 877. The summed E-state index contributed by atoms with van der Waals surface area (Å²) in [7, 11) is 1.65. The van der Waals surface area contributed by atoms with Gasteiger partial charge in [0, 0.05) is 23.5 Å². The molecule has 3 aromatic heterocycles. The minimum absolute atomic E-state index is 0.753. The highest BCUT2D eigenvalue weighted by molar-refractivity contribution is 5.59. The first-order valence-electron chi connectivity index (χ1n) is 7.84. The van der Waals surface area contributed by atoms with E-state index in [-0.39, 0.29) is 0 Å². The van der Waals surface area contributed by atoms with Crippen LogP contribution in [0.3, 0.4) is 0 Å². The van der Waals surface area contributed by atoms with Crippen molar-refractivity contribution in [2.24, 2.45) is 0 Å². The van der Waals surface area contributed by atoms with Crippen LogP contribution < -0.4 is 9.30 Å². The fourth-order valence-electron chi connectivity index (χ4n) is 2.68. The molecule has 3 heterocycles. The van der Waals surface area contributed by atoms with Crippen LogP contribution in [0.4, 0.5) is 0 Å². The summed E-state index contributed by atoms with van der Waals surface area (Å²) in [4.78, 5) is 13.3. The van der Waals surface area contributed by atoms with Gasteiger partial charge in [-0.05, 0) is 49.0 Å². The Balaban J connectivity index is 1.90. The summed E-state index contributed by atoms with van der Waals surface area (Å²) in [6.07, 6.45) is 9.39. The van der Waals surface area contributed by atoms with E-state index in [1.165, 1.54) is 11.1 Å². The van der Waals surface area contributed by atoms with Crippen molar-refractivity contribution < 1.29 is 9.30 Å². The SMILES string of the molecule is COc1cnc(-c2nc[n+](Cc3cnccc3C)cc2C)cc1C. The molecule has 0 bridgehead atoms. The monoisotopic (exact) mass is 321 g/mol. The van der Waals surface area contributed by atoms with Crippen molar-refractivity contribution >= 4 is 0 Å². The zero-order chi connectivity index (χ0) is 17.1. The molecule has 0 N–H and O–H groups in total. The summed E-state index contributed by atoms with van der Waals surface area (Å²) >= 11 is 0. The van der Waals surface area contributed by atoms with E-state index in [4.69, 9.17) is 4.74 Å². The van der Waals surface area contributed by atoms with Gasteiger partial charge in [-0.25, -0.2) is 9.55 Å². The largest absolute Gasteiger partial charge is 0.495 e. The molecule has 0 saturated heterocycles. The Labute approximate surface area is 142 Å². The van der Waals surface area contributed by atoms with Crippen LogP contribution in [0.1, 0.15) is 22.3 Å². The zero-order valence-corrected chi connectivity index (χ0v) is 14.4. The lowest BCUT2D eigenvalue weighted by Crippen LogP contribution is -2.35.